The maximum atomic E-state index is 14.3. The number of ether oxygens (including phenoxy) is 1. The van der Waals surface area contributed by atoms with E-state index < -0.39 is 29.2 Å². The van der Waals surface area contributed by atoms with Crippen LogP contribution in [-0.4, -0.2) is 25.0 Å². The average Bonchev–Trinajstić information content (AvgIpc) is 2.85. The average molecular weight is 333 g/mol. The predicted molar refractivity (Wildman–Crippen MR) is 76.8 cm³/mol. The Morgan fingerprint density at radius 3 is 2.70 bits per heavy atom. The molecule has 1 aliphatic carbocycles. The van der Waals surface area contributed by atoms with E-state index in [9.17, 15) is 22.4 Å². The number of benzene rings is 1. The van der Waals surface area contributed by atoms with Gasteiger partial charge in [0.05, 0.1) is 12.2 Å². The van der Waals surface area contributed by atoms with Gasteiger partial charge in [-0.05, 0) is 31.4 Å². The van der Waals surface area contributed by atoms with Crippen LogP contribution in [0.2, 0.25) is 0 Å². The summed E-state index contributed by atoms with van der Waals surface area (Å²) in [6.45, 7) is 1.65. The summed E-state index contributed by atoms with van der Waals surface area (Å²) in [5, 5.41) is 2.09. The Morgan fingerprint density at radius 1 is 1.39 bits per heavy atom. The number of hydrogen-bond acceptors (Lipinski definition) is 2. The first-order chi connectivity index (χ1) is 10.8. The van der Waals surface area contributed by atoms with Crippen LogP contribution in [0, 0.1) is 5.92 Å². The Kier molecular flexibility index (Phi) is 5.16. The van der Waals surface area contributed by atoms with Crippen LogP contribution in [0.3, 0.4) is 0 Å². The number of para-hydroxylation sites is 1. The van der Waals surface area contributed by atoms with Gasteiger partial charge in [-0.2, -0.15) is 8.78 Å². The molecule has 1 saturated carbocycles. The molecular formula is C16H19F4NO2. The highest BCUT2D eigenvalue weighted by atomic mass is 19.3. The van der Waals surface area contributed by atoms with E-state index in [-0.39, 0.29) is 38.2 Å². The van der Waals surface area contributed by atoms with Gasteiger partial charge in [0.1, 0.15) is 5.75 Å². The molecule has 0 bridgehead atoms. The molecule has 2 rings (SSSR count). The largest absolute Gasteiger partial charge is 0.493 e. The highest BCUT2D eigenvalue weighted by molar-refractivity contribution is 5.85. The maximum absolute atomic E-state index is 14.3. The maximum Gasteiger partial charge on any atom is 0.353 e. The third-order valence-electron chi connectivity index (χ3n) is 3.87. The summed E-state index contributed by atoms with van der Waals surface area (Å²) in [7, 11) is 0. The van der Waals surface area contributed by atoms with Crippen LogP contribution < -0.4 is 10.1 Å². The first kappa shape index (κ1) is 17.6. The van der Waals surface area contributed by atoms with E-state index >= 15 is 0 Å². The van der Waals surface area contributed by atoms with Crippen LogP contribution in [0.25, 0.3) is 0 Å². The van der Waals surface area contributed by atoms with E-state index in [0.29, 0.717) is 0 Å². The lowest BCUT2D eigenvalue weighted by Crippen LogP contribution is -2.40. The van der Waals surface area contributed by atoms with Gasteiger partial charge < -0.3 is 10.1 Å². The Morgan fingerprint density at radius 2 is 2.09 bits per heavy atom. The van der Waals surface area contributed by atoms with Gasteiger partial charge >= 0.3 is 5.92 Å². The van der Waals surface area contributed by atoms with Crippen molar-refractivity contribution in [2.45, 2.75) is 38.0 Å². The van der Waals surface area contributed by atoms with E-state index in [4.69, 9.17) is 4.74 Å². The lowest BCUT2D eigenvalue weighted by molar-refractivity contribution is -0.147. The Balaban J connectivity index is 2.03. The lowest BCUT2D eigenvalue weighted by Gasteiger charge is -2.20. The molecule has 0 aromatic heterocycles. The summed E-state index contributed by atoms with van der Waals surface area (Å²) in [6.07, 6.45) is -0.431. The highest BCUT2D eigenvalue weighted by Crippen LogP contribution is 2.39. The third kappa shape index (κ3) is 4.14. The minimum Gasteiger partial charge on any atom is -0.493 e. The van der Waals surface area contributed by atoms with Crippen LogP contribution in [0.15, 0.2) is 24.3 Å². The summed E-state index contributed by atoms with van der Waals surface area (Å²) < 4.78 is 59.9. The first-order valence-electron chi connectivity index (χ1n) is 7.52. The lowest BCUT2D eigenvalue weighted by atomic mass is 10.1. The predicted octanol–water partition coefficient (Wildman–Crippen LogP) is 3.73. The summed E-state index contributed by atoms with van der Waals surface area (Å²) in [4.78, 5) is 11.8. The first-order valence-corrected chi connectivity index (χ1v) is 7.52. The molecule has 0 heterocycles. The summed E-state index contributed by atoms with van der Waals surface area (Å²) in [5.41, 5.74) is -0.531. The smallest absolute Gasteiger partial charge is 0.353 e. The van der Waals surface area contributed by atoms with Gasteiger partial charge in [-0.3, -0.25) is 4.79 Å². The van der Waals surface area contributed by atoms with Gasteiger partial charge in [-0.1, -0.05) is 12.1 Å². The van der Waals surface area contributed by atoms with Crippen molar-refractivity contribution < 1.29 is 27.1 Å². The molecule has 1 fully saturated rings. The molecule has 0 spiro atoms. The van der Waals surface area contributed by atoms with Crippen LogP contribution in [0.1, 0.15) is 31.7 Å². The van der Waals surface area contributed by atoms with Crippen molar-refractivity contribution in [2.75, 3.05) is 13.2 Å². The fraction of sp³-hybridized carbons (Fsp3) is 0.562. The fourth-order valence-corrected chi connectivity index (χ4v) is 2.69. The second-order valence-corrected chi connectivity index (χ2v) is 5.68. The van der Waals surface area contributed by atoms with Crippen molar-refractivity contribution in [1.82, 2.24) is 5.32 Å². The van der Waals surface area contributed by atoms with Crippen molar-refractivity contribution in [3.8, 4) is 5.75 Å². The molecule has 3 nitrogen and oxygen atoms in total. The molecule has 1 unspecified atom stereocenters. The molecule has 1 N–H and O–H groups in total. The number of carbonyl (C=O) groups excluding carboxylic acids is 1. The number of nitrogens with one attached hydrogen (secondary N) is 1. The molecule has 0 radical (unpaired) electrons. The van der Waals surface area contributed by atoms with Crippen LogP contribution >= 0.6 is 0 Å². The molecule has 0 saturated heterocycles. The Labute approximate surface area is 132 Å². The fourth-order valence-electron chi connectivity index (χ4n) is 2.69. The summed E-state index contributed by atoms with van der Waals surface area (Å²) in [5.74, 6) is -8.60. The topological polar surface area (TPSA) is 38.3 Å². The van der Waals surface area contributed by atoms with E-state index in [1.807, 2.05) is 0 Å². The third-order valence-corrected chi connectivity index (χ3v) is 3.87. The second kappa shape index (κ2) is 6.76. The van der Waals surface area contributed by atoms with Gasteiger partial charge in [0.2, 0.25) is 5.92 Å². The monoisotopic (exact) mass is 333 g/mol. The summed E-state index contributed by atoms with van der Waals surface area (Å²) >= 11 is 0. The molecule has 1 aromatic rings. The van der Waals surface area contributed by atoms with Crippen LogP contribution in [-0.2, 0) is 10.7 Å². The molecule has 23 heavy (non-hydrogen) atoms. The zero-order valence-corrected chi connectivity index (χ0v) is 12.8. The molecule has 7 heteroatoms. The molecular weight excluding hydrogens is 314 g/mol. The Hall–Kier alpha value is -1.79. The Bertz CT molecular complexity index is 563. The number of hydrogen-bond donors (Lipinski definition) is 1. The SMILES string of the molecule is CCOc1ccccc1C(F)(F)C(=O)NCC1CCC(F)(F)C1. The van der Waals surface area contributed by atoms with Crippen molar-refractivity contribution in [3.05, 3.63) is 29.8 Å². The highest BCUT2D eigenvalue weighted by Gasteiger charge is 2.44. The van der Waals surface area contributed by atoms with Gasteiger partial charge in [0.25, 0.3) is 5.91 Å². The zero-order chi connectivity index (χ0) is 17.1. The molecule has 1 aromatic carbocycles. The standard InChI is InChI=1S/C16H19F4NO2/c1-2-23-13-6-4-3-5-12(13)16(19,20)14(22)21-10-11-7-8-15(17,18)9-11/h3-6,11H,2,7-10H2,1H3,(H,21,22). The van der Waals surface area contributed by atoms with E-state index in [1.165, 1.54) is 18.2 Å². The van der Waals surface area contributed by atoms with Crippen molar-refractivity contribution >= 4 is 5.91 Å². The van der Waals surface area contributed by atoms with Gasteiger partial charge in [0.15, 0.2) is 0 Å². The minimum atomic E-state index is -3.78. The summed E-state index contributed by atoms with van der Waals surface area (Å²) in [6, 6.07) is 5.39. The van der Waals surface area contributed by atoms with Crippen molar-refractivity contribution in [2.24, 2.45) is 5.92 Å². The molecule has 1 amide bonds. The van der Waals surface area contributed by atoms with Gasteiger partial charge in [-0.25, -0.2) is 8.78 Å². The van der Waals surface area contributed by atoms with Gasteiger partial charge in [0, 0.05) is 19.4 Å². The van der Waals surface area contributed by atoms with E-state index in [2.05, 4.69) is 5.32 Å². The molecule has 128 valence electrons. The quantitative estimate of drug-likeness (QED) is 0.806. The van der Waals surface area contributed by atoms with Crippen LogP contribution in [0.5, 0.6) is 5.75 Å². The molecule has 1 aliphatic rings. The molecule has 1 atom stereocenters. The van der Waals surface area contributed by atoms with Gasteiger partial charge in [-0.15, -0.1) is 0 Å². The van der Waals surface area contributed by atoms with E-state index in [0.717, 1.165) is 6.07 Å². The molecule has 0 aliphatic heterocycles. The van der Waals surface area contributed by atoms with E-state index in [1.54, 1.807) is 6.92 Å². The van der Waals surface area contributed by atoms with Crippen molar-refractivity contribution in [3.63, 3.8) is 0 Å². The normalized spacial score (nSPS) is 20.3. The van der Waals surface area contributed by atoms with Crippen LogP contribution in [0.4, 0.5) is 17.6 Å². The number of amides is 1. The minimum absolute atomic E-state index is 0.0671. The number of carbonyl (C=O) groups is 1. The number of halogens is 4. The number of rotatable bonds is 6. The zero-order valence-electron chi connectivity index (χ0n) is 12.8. The second-order valence-electron chi connectivity index (χ2n) is 5.68. The van der Waals surface area contributed by atoms with Crippen molar-refractivity contribution in [1.29, 1.82) is 0 Å². The number of alkyl halides is 4.